The molecule has 7 heteroatoms. The Bertz CT molecular complexity index is 589. The summed E-state index contributed by atoms with van der Waals surface area (Å²) < 4.78 is 32.6. The second-order valence-electron chi connectivity index (χ2n) is 4.22. The van der Waals surface area contributed by atoms with Crippen molar-refractivity contribution in [2.45, 2.75) is 13.5 Å². The van der Waals surface area contributed by atoms with Crippen LogP contribution in [0.5, 0.6) is 0 Å². The summed E-state index contributed by atoms with van der Waals surface area (Å²) in [6, 6.07) is 2.65. The number of hydrogen-bond donors (Lipinski definition) is 1. The number of hydrogen-bond acceptors (Lipinski definition) is 5. The number of aryl methyl sites for hydroxylation is 1. The van der Waals surface area contributed by atoms with E-state index in [1.54, 1.807) is 14.0 Å². The number of rotatable bonds is 6. The van der Waals surface area contributed by atoms with Crippen molar-refractivity contribution in [3.05, 3.63) is 34.3 Å². The Balaban J connectivity index is 2.15. The van der Waals surface area contributed by atoms with Crippen LogP contribution in [0, 0.1) is 18.6 Å². The van der Waals surface area contributed by atoms with E-state index in [-0.39, 0.29) is 10.6 Å². The Hall–Kier alpha value is -1.44. The van der Waals surface area contributed by atoms with Crippen LogP contribution < -0.4 is 5.32 Å². The molecule has 0 unspecified atom stereocenters. The molecule has 0 atom stereocenters. The molecule has 1 aromatic heterocycles. The van der Waals surface area contributed by atoms with Crippen molar-refractivity contribution in [1.29, 1.82) is 0 Å². The second-order valence-corrected chi connectivity index (χ2v) is 5.29. The maximum Gasteiger partial charge on any atom is 0.153 e. The van der Waals surface area contributed by atoms with Crippen LogP contribution in [0.1, 0.15) is 10.6 Å². The second kappa shape index (κ2) is 6.83. The molecule has 0 saturated carbocycles. The summed E-state index contributed by atoms with van der Waals surface area (Å²) in [5.74, 6) is -1.21. The summed E-state index contributed by atoms with van der Waals surface area (Å²) in [5, 5.41) is 11.8. The van der Waals surface area contributed by atoms with Gasteiger partial charge in [-0.25, -0.2) is 8.78 Å². The first-order valence-corrected chi connectivity index (χ1v) is 6.92. The number of nitrogens with zero attached hydrogens (tertiary/aromatic N) is 2. The number of aromatic nitrogens is 2. The maximum absolute atomic E-state index is 14.0. The van der Waals surface area contributed by atoms with Gasteiger partial charge in [-0.1, -0.05) is 17.4 Å². The van der Waals surface area contributed by atoms with Crippen LogP contribution in [0.15, 0.2) is 12.1 Å². The predicted molar refractivity (Wildman–Crippen MR) is 73.6 cm³/mol. The van der Waals surface area contributed by atoms with Gasteiger partial charge in [-0.05, 0) is 18.6 Å². The number of nitrogens with one attached hydrogen (secondary N) is 1. The van der Waals surface area contributed by atoms with E-state index in [9.17, 15) is 8.78 Å². The van der Waals surface area contributed by atoms with Crippen LogP contribution in [-0.2, 0) is 11.3 Å². The van der Waals surface area contributed by atoms with Crippen molar-refractivity contribution in [1.82, 2.24) is 15.5 Å². The Morgan fingerprint density at radius 3 is 2.85 bits per heavy atom. The number of ether oxygens (including phenoxy) is 1. The highest BCUT2D eigenvalue weighted by molar-refractivity contribution is 7.14. The van der Waals surface area contributed by atoms with Crippen LogP contribution in [0.3, 0.4) is 0 Å². The monoisotopic (exact) mass is 299 g/mol. The van der Waals surface area contributed by atoms with Gasteiger partial charge in [-0.15, -0.1) is 10.2 Å². The maximum atomic E-state index is 14.0. The molecule has 0 amide bonds. The van der Waals surface area contributed by atoms with Crippen molar-refractivity contribution in [3.8, 4) is 10.6 Å². The molecule has 0 radical (unpaired) electrons. The van der Waals surface area contributed by atoms with Gasteiger partial charge < -0.3 is 10.1 Å². The van der Waals surface area contributed by atoms with Crippen molar-refractivity contribution in [2.75, 3.05) is 20.3 Å². The van der Waals surface area contributed by atoms with Gasteiger partial charge in [0, 0.05) is 20.2 Å². The molecule has 1 heterocycles. The molecule has 1 aromatic carbocycles. The van der Waals surface area contributed by atoms with Crippen LogP contribution in [0.25, 0.3) is 10.6 Å². The molecule has 0 aliphatic heterocycles. The molecular formula is C13H15F2N3OS. The molecule has 0 aliphatic rings. The summed E-state index contributed by atoms with van der Waals surface area (Å²) in [7, 11) is 1.62. The standard InChI is InChI=1S/C13H15F2N3OS/c1-8-3-4-9(14)11(12(8)15)13-18-17-10(20-13)7-16-5-6-19-2/h3-4,16H,5-7H2,1-2H3. The smallest absolute Gasteiger partial charge is 0.153 e. The van der Waals surface area contributed by atoms with Crippen molar-refractivity contribution in [3.63, 3.8) is 0 Å². The Morgan fingerprint density at radius 2 is 2.10 bits per heavy atom. The fraction of sp³-hybridized carbons (Fsp3) is 0.385. The zero-order valence-electron chi connectivity index (χ0n) is 11.2. The van der Waals surface area contributed by atoms with Gasteiger partial charge >= 0.3 is 0 Å². The SMILES string of the molecule is COCCNCc1nnc(-c2c(F)ccc(C)c2F)s1. The lowest BCUT2D eigenvalue weighted by Gasteiger charge is -2.03. The third kappa shape index (κ3) is 3.36. The molecule has 0 fully saturated rings. The first-order valence-electron chi connectivity index (χ1n) is 6.10. The van der Waals surface area contributed by atoms with Crippen LogP contribution >= 0.6 is 11.3 Å². The quantitative estimate of drug-likeness (QED) is 0.833. The molecule has 0 spiro atoms. The Labute approximate surface area is 119 Å². The molecular weight excluding hydrogens is 284 g/mol. The number of benzene rings is 1. The molecule has 1 N–H and O–H groups in total. The van der Waals surface area contributed by atoms with Crippen LogP contribution in [0.2, 0.25) is 0 Å². The van der Waals surface area contributed by atoms with Gasteiger partial charge in [0.1, 0.15) is 16.6 Å². The van der Waals surface area contributed by atoms with Crippen molar-refractivity contribution < 1.29 is 13.5 Å². The zero-order valence-corrected chi connectivity index (χ0v) is 12.1. The topological polar surface area (TPSA) is 47.0 Å². The van der Waals surface area contributed by atoms with Gasteiger partial charge in [0.25, 0.3) is 0 Å². The molecule has 4 nitrogen and oxygen atoms in total. The largest absolute Gasteiger partial charge is 0.383 e. The van der Waals surface area contributed by atoms with Crippen molar-refractivity contribution in [2.24, 2.45) is 0 Å². The Morgan fingerprint density at radius 1 is 1.30 bits per heavy atom. The minimum atomic E-state index is -0.622. The lowest BCUT2D eigenvalue weighted by Crippen LogP contribution is -2.18. The van der Waals surface area contributed by atoms with Crippen molar-refractivity contribution >= 4 is 11.3 Å². The van der Waals surface area contributed by atoms with Gasteiger partial charge in [0.15, 0.2) is 5.01 Å². The molecule has 20 heavy (non-hydrogen) atoms. The number of methoxy groups -OCH3 is 1. The Kier molecular flexibility index (Phi) is 5.11. The molecule has 2 aromatic rings. The highest BCUT2D eigenvalue weighted by atomic mass is 32.1. The van der Waals surface area contributed by atoms with E-state index in [1.807, 2.05) is 0 Å². The first-order chi connectivity index (χ1) is 9.63. The summed E-state index contributed by atoms with van der Waals surface area (Å²) in [5.41, 5.74) is 0.280. The molecule has 2 rings (SSSR count). The zero-order chi connectivity index (χ0) is 14.5. The van der Waals surface area contributed by atoms with E-state index in [0.717, 1.165) is 0 Å². The highest BCUT2D eigenvalue weighted by Gasteiger charge is 2.17. The molecule has 0 saturated heterocycles. The van der Waals surface area contributed by atoms with Gasteiger partial charge in [-0.3, -0.25) is 0 Å². The summed E-state index contributed by atoms with van der Waals surface area (Å²) in [6.07, 6.45) is 0. The summed E-state index contributed by atoms with van der Waals surface area (Å²) in [4.78, 5) is 0. The van der Waals surface area contributed by atoms with Crippen LogP contribution in [-0.4, -0.2) is 30.5 Å². The van der Waals surface area contributed by atoms with E-state index in [1.165, 1.54) is 23.5 Å². The van der Waals surface area contributed by atoms with Gasteiger partial charge in [0.05, 0.1) is 12.2 Å². The summed E-state index contributed by atoms with van der Waals surface area (Å²) in [6.45, 7) is 3.36. The average molecular weight is 299 g/mol. The average Bonchev–Trinajstić information content (AvgIpc) is 2.88. The lowest BCUT2D eigenvalue weighted by molar-refractivity contribution is 0.199. The predicted octanol–water partition coefficient (Wildman–Crippen LogP) is 2.53. The van der Waals surface area contributed by atoms with E-state index in [2.05, 4.69) is 15.5 Å². The lowest BCUT2D eigenvalue weighted by atomic mass is 10.1. The van der Waals surface area contributed by atoms with E-state index < -0.39 is 11.6 Å². The minimum Gasteiger partial charge on any atom is -0.383 e. The van der Waals surface area contributed by atoms with Gasteiger partial charge in [0.2, 0.25) is 0 Å². The third-order valence-electron chi connectivity index (χ3n) is 2.72. The molecule has 0 aliphatic carbocycles. The van der Waals surface area contributed by atoms with Gasteiger partial charge in [-0.2, -0.15) is 0 Å². The first kappa shape index (κ1) is 15.0. The summed E-state index contributed by atoms with van der Waals surface area (Å²) >= 11 is 1.18. The number of halogens is 2. The fourth-order valence-corrected chi connectivity index (χ4v) is 2.50. The highest BCUT2D eigenvalue weighted by Crippen LogP contribution is 2.30. The fourth-order valence-electron chi connectivity index (χ4n) is 1.65. The molecule has 0 bridgehead atoms. The van der Waals surface area contributed by atoms with E-state index in [0.29, 0.717) is 30.3 Å². The van der Waals surface area contributed by atoms with E-state index in [4.69, 9.17) is 4.74 Å². The van der Waals surface area contributed by atoms with E-state index >= 15 is 0 Å². The normalized spacial score (nSPS) is 11.0. The third-order valence-corrected chi connectivity index (χ3v) is 3.66. The molecule has 108 valence electrons. The minimum absolute atomic E-state index is 0.106. The van der Waals surface area contributed by atoms with Crippen LogP contribution in [0.4, 0.5) is 8.78 Å².